The molecule has 1 heterocycles. The lowest BCUT2D eigenvalue weighted by Crippen LogP contribution is -1.98. The molecule has 0 saturated carbocycles. The van der Waals surface area contributed by atoms with Crippen LogP contribution in [-0.4, -0.2) is 14.8 Å². The van der Waals surface area contributed by atoms with Gasteiger partial charge < -0.3 is 5.32 Å². The van der Waals surface area contributed by atoms with Crippen molar-refractivity contribution in [3.63, 3.8) is 0 Å². The highest BCUT2D eigenvalue weighted by atomic mass is 35.5. The minimum atomic E-state index is -0.705. The van der Waals surface area contributed by atoms with Gasteiger partial charge in [0.25, 0.3) is 11.4 Å². The van der Waals surface area contributed by atoms with Gasteiger partial charge in [0.05, 0.1) is 21.5 Å². The van der Waals surface area contributed by atoms with Gasteiger partial charge in [-0.3, -0.25) is 20.2 Å². The van der Waals surface area contributed by atoms with Crippen molar-refractivity contribution in [1.29, 1.82) is 0 Å². The van der Waals surface area contributed by atoms with E-state index in [-0.39, 0.29) is 16.4 Å². The molecule has 0 unspecified atom stereocenters. The third-order valence-electron chi connectivity index (χ3n) is 2.62. The summed E-state index contributed by atoms with van der Waals surface area (Å²) in [5.41, 5.74) is -0.628. The molecule has 0 spiro atoms. The number of rotatable bonds is 5. The van der Waals surface area contributed by atoms with Crippen molar-refractivity contribution in [2.24, 2.45) is 0 Å². The lowest BCUT2D eigenvalue weighted by Gasteiger charge is -2.04. The first kappa shape index (κ1) is 15.4. The quantitative estimate of drug-likeness (QED) is 0.512. The molecule has 8 nitrogen and oxygen atoms in total. The number of halogens is 1. The van der Waals surface area contributed by atoms with E-state index in [1.165, 1.54) is 18.2 Å². The van der Waals surface area contributed by atoms with E-state index in [2.05, 4.69) is 10.3 Å². The van der Waals surface area contributed by atoms with E-state index in [1.807, 2.05) is 0 Å². The molecule has 9 heteroatoms. The van der Waals surface area contributed by atoms with Gasteiger partial charge >= 0.3 is 0 Å². The van der Waals surface area contributed by atoms with Gasteiger partial charge in [0, 0.05) is 12.3 Å². The number of nitro groups is 2. The van der Waals surface area contributed by atoms with Crippen LogP contribution in [0.25, 0.3) is 6.08 Å². The second kappa shape index (κ2) is 6.64. The molecule has 0 fully saturated rings. The molecule has 2 rings (SSSR count). The van der Waals surface area contributed by atoms with Gasteiger partial charge in [-0.1, -0.05) is 17.7 Å². The zero-order chi connectivity index (χ0) is 16.1. The van der Waals surface area contributed by atoms with E-state index in [1.54, 1.807) is 24.4 Å². The van der Waals surface area contributed by atoms with Crippen LogP contribution >= 0.6 is 11.6 Å². The Balaban J connectivity index is 2.33. The number of hydrogen-bond donors (Lipinski definition) is 1. The SMILES string of the molecule is O=[N+]([O-])c1ccc(/C=C(\Cl)Nc2ccccn2)c([N+](=O)[O-])c1. The molecule has 0 aliphatic carbocycles. The zero-order valence-electron chi connectivity index (χ0n) is 11.0. The molecule has 0 saturated heterocycles. The highest BCUT2D eigenvalue weighted by Gasteiger charge is 2.18. The van der Waals surface area contributed by atoms with Crippen LogP contribution < -0.4 is 5.32 Å². The van der Waals surface area contributed by atoms with Gasteiger partial charge in [-0.25, -0.2) is 4.98 Å². The second-order valence-electron chi connectivity index (χ2n) is 4.09. The Labute approximate surface area is 129 Å². The van der Waals surface area contributed by atoms with E-state index in [9.17, 15) is 20.2 Å². The Morgan fingerprint density at radius 3 is 2.55 bits per heavy atom. The minimum Gasteiger partial charge on any atom is -0.331 e. The van der Waals surface area contributed by atoms with Gasteiger partial charge in [-0.05, 0) is 24.3 Å². The average molecular weight is 321 g/mol. The van der Waals surface area contributed by atoms with E-state index >= 15 is 0 Å². The fraction of sp³-hybridized carbons (Fsp3) is 0. The molecular weight excluding hydrogens is 312 g/mol. The Bertz CT molecular complexity index is 749. The molecule has 0 aliphatic rings. The number of nitro benzene ring substituents is 2. The number of non-ortho nitro benzene ring substituents is 1. The summed E-state index contributed by atoms with van der Waals surface area (Å²) in [6.45, 7) is 0. The van der Waals surface area contributed by atoms with E-state index < -0.39 is 15.5 Å². The van der Waals surface area contributed by atoms with Crippen molar-refractivity contribution < 1.29 is 9.85 Å². The highest BCUT2D eigenvalue weighted by Crippen LogP contribution is 2.27. The van der Waals surface area contributed by atoms with Crippen LogP contribution in [0.1, 0.15) is 5.56 Å². The van der Waals surface area contributed by atoms with Gasteiger partial charge in [0.15, 0.2) is 0 Å². The lowest BCUT2D eigenvalue weighted by molar-refractivity contribution is -0.394. The highest BCUT2D eigenvalue weighted by molar-refractivity contribution is 6.32. The summed E-state index contributed by atoms with van der Waals surface area (Å²) in [6, 6.07) is 8.46. The minimum absolute atomic E-state index is 0.0932. The number of hydrogen-bond acceptors (Lipinski definition) is 6. The van der Waals surface area contributed by atoms with Crippen molar-refractivity contribution in [3.8, 4) is 0 Å². The summed E-state index contributed by atoms with van der Waals surface area (Å²) in [7, 11) is 0. The molecule has 0 bridgehead atoms. The van der Waals surface area contributed by atoms with Gasteiger partial charge in [-0.15, -0.1) is 0 Å². The summed E-state index contributed by atoms with van der Waals surface area (Å²) in [4.78, 5) is 24.3. The standard InChI is InChI=1S/C13H9ClN4O4/c14-12(16-13-3-1-2-6-15-13)7-9-4-5-10(17(19)20)8-11(9)18(21)22/h1-8H,(H,15,16)/b12-7+. The van der Waals surface area contributed by atoms with Crippen LogP contribution in [0, 0.1) is 20.2 Å². The van der Waals surface area contributed by atoms with Crippen LogP contribution in [0.3, 0.4) is 0 Å². The summed E-state index contributed by atoms with van der Waals surface area (Å²) in [5, 5.41) is 24.5. The number of pyridine rings is 1. The largest absolute Gasteiger partial charge is 0.331 e. The van der Waals surface area contributed by atoms with Crippen LogP contribution in [-0.2, 0) is 0 Å². The van der Waals surface area contributed by atoms with Crippen molar-refractivity contribution >= 4 is 34.9 Å². The molecule has 0 amide bonds. The Morgan fingerprint density at radius 1 is 1.18 bits per heavy atom. The van der Waals surface area contributed by atoms with E-state index in [0.717, 1.165) is 6.07 Å². The first-order valence-electron chi connectivity index (χ1n) is 5.95. The Morgan fingerprint density at radius 2 is 1.95 bits per heavy atom. The molecule has 1 aromatic heterocycles. The maximum Gasteiger partial charge on any atom is 0.283 e. The number of anilines is 1. The summed E-state index contributed by atoms with van der Waals surface area (Å²) in [5.74, 6) is 0.466. The number of aromatic nitrogens is 1. The molecule has 0 radical (unpaired) electrons. The van der Waals surface area contributed by atoms with Crippen LogP contribution in [0.2, 0.25) is 0 Å². The van der Waals surface area contributed by atoms with Gasteiger partial charge in [-0.2, -0.15) is 0 Å². The van der Waals surface area contributed by atoms with Crippen LogP contribution in [0.5, 0.6) is 0 Å². The molecule has 0 aliphatic heterocycles. The summed E-state index contributed by atoms with van der Waals surface area (Å²) >= 11 is 5.98. The molecule has 1 N–H and O–H groups in total. The third kappa shape index (κ3) is 3.76. The summed E-state index contributed by atoms with van der Waals surface area (Å²) < 4.78 is 0. The monoisotopic (exact) mass is 320 g/mol. The molecule has 112 valence electrons. The molecule has 2 aromatic rings. The van der Waals surface area contributed by atoms with E-state index in [0.29, 0.717) is 5.82 Å². The fourth-order valence-corrected chi connectivity index (χ4v) is 1.87. The zero-order valence-corrected chi connectivity index (χ0v) is 11.7. The first-order chi connectivity index (χ1) is 10.5. The fourth-order valence-electron chi connectivity index (χ4n) is 1.66. The maximum atomic E-state index is 11.0. The van der Waals surface area contributed by atoms with Crippen molar-refractivity contribution in [2.45, 2.75) is 0 Å². The van der Waals surface area contributed by atoms with Crippen LogP contribution in [0.15, 0.2) is 47.8 Å². The maximum absolute atomic E-state index is 11.0. The number of nitrogens with zero attached hydrogens (tertiary/aromatic N) is 3. The third-order valence-corrected chi connectivity index (χ3v) is 2.82. The Kier molecular flexibility index (Phi) is 4.64. The molecular formula is C13H9ClN4O4. The lowest BCUT2D eigenvalue weighted by atomic mass is 10.1. The van der Waals surface area contributed by atoms with Crippen molar-refractivity contribution in [2.75, 3.05) is 5.32 Å². The summed E-state index contributed by atoms with van der Waals surface area (Å²) in [6.07, 6.45) is 2.86. The molecule has 22 heavy (non-hydrogen) atoms. The Hall–Kier alpha value is -3.00. The van der Waals surface area contributed by atoms with Gasteiger partial charge in [0.2, 0.25) is 0 Å². The number of benzene rings is 1. The van der Waals surface area contributed by atoms with Crippen LogP contribution in [0.4, 0.5) is 17.2 Å². The smallest absolute Gasteiger partial charge is 0.283 e. The van der Waals surface area contributed by atoms with Crippen molar-refractivity contribution in [1.82, 2.24) is 4.98 Å². The first-order valence-corrected chi connectivity index (χ1v) is 6.33. The predicted molar refractivity (Wildman–Crippen MR) is 81.4 cm³/mol. The average Bonchev–Trinajstić information content (AvgIpc) is 2.48. The molecule has 0 atom stereocenters. The van der Waals surface area contributed by atoms with E-state index in [4.69, 9.17) is 11.6 Å². The van der Waals surface area contributed by atoms with Crippen molar-refractivity contribution in [3.05, 3.63) is 73.5 Å². The number of nitrogens with one attached hydrogen (secondary N) is 1. The second-order valence-corrected chi connectivity index (χ2v) is 4.50. The normalized spacial score (nSPS) is 11.0. The predicted octanol–water partition coefficient (Wildman–Crippen LogP) is 3.55. The topological polar surface area (TPSA) is 111 Å². The molecule has 1 aromatic carbocycles. The van der Waals surface area contributed by atoms with Gasteiger partial charge in [0.1, 0.15) is 11.0 Å².